The van der Waals surface area contributed by atoms with Crippen LogP contribution in [0.4, 0.5) is 10.1 Å². The number of aryl methyl sites for hydroxylation is 1. The van der Waals surface area contributed by atoms with Gasteiger partial charge in [0.1, 0.15) is 11.6 Å². The van der Waals surface area contributed by atoms with Crippen LogP contribution in [0.15, 0.2) is 78.4 Å². The molecule has 1 aliphatic heterocycles. The van der Waals surface area contributed by atoms with Crippen molar-refractivity contribution in [1.82, 2.24) is 0 Å². The number of aliphatic hydroxyl groups excluding tert-OH is 1. The number of nitrogens with zero attached hydrogens (tertiary/aromatic N) is 1. The molecule has 6 heteroatoms. The van der Waals surface area contributed by atoms with Gasteiger partial charge in [-0.1, -0.05) is 41.4 Å². The number of halogens is 2. The molecule has 1 heterocycles. The van der Waals surface area contributed by atoms with Crippen molar-refractivity contribution in [1.29, 1.82) is 0 Å². The van der Waals surface area contributed by atoms with Crippen LogP contribution >= 0.6 is 11.6 Å². The van der Waals surface area contributed by atoms with Gasteiger partial charge in [-0.3, -0.25) is 14.5 Å². The number of Topliss-reactive ketones (excluding diaryl/α,β-unsaturated/α-hetero) is 1. The summed E-state index contributed by atoms with van der Waals surface area (Å²) in [7, 11) is 0. The van der Waals surface area contributed by atoms with Crippen LogP contribution in [0.1, 0.15) is 22.7 Å². The van der Waals surface area contributed by atoms with Crippen LogP contribution in [-0.2, 0) is 9.59 Å². The third kappa shape index (κ3) is 3.48. The molecule has 0 radical (unpaired) electrons. The van der Waals surface area contributed by atoms with E-state index in [2.05, 4.69) is 0 Å². The fourth-order valence-corrected chi connectivity index (χ4v) is 3.65. The van der Waals surface area contributed by atoms with E-state index in [-0.39, 0.29) is 11.3 Å². The molecule has 0 aliphatic carbocycles. The minimum Gasteiger partial charge on any atom is -0.507 e. The summed E-state index contributed by atoms with van der Waals surface area (Å²) in [6, 6.07) is 18.0. The van der Waals surface area contributed by atoms with Gasteiger partial charge in [-0.2, -0.15) is 0 Å². The minimum atomic E-state index is -0.899. The molecule has 30 heavy (non-hydrogen) atoms. The first-order chi connectivity index (χ1) is 14.4. The Morgan fingerprint density at radius 3 is 2.13 bits per heavy atom. The van der Waals surface area contributed by atoms with Crippen LogP contribution in [0.2, 0.25) is 5.02 Å². The Balaban J connectivity index is 1.93. The number of rotatable bonds is 3. The van der Waals surface area contributed by atoms with Crippen molar-refractivity contribution in [3.8, 4) is 0 Å². The zero-order chi connectivity index (χ0) is 21.4. The first-order valence-corrected chi connectivity index (χ1v) is 9.63. The molecule has 150 valence electrons. The maximum Gasteiger partial charge on any atom is 0.300 e. The number of aliphatic hydroxyl groups is 1. The van der Waals surface area contributed by atoms with Crippen molar-refractivity contribution >= 4 is 34.7 Å². The molecule has 4 rings (SSSR count). The van der Waals surface area contributed by atoms with Gasteiger partial charge in [-0.15, -0.1) is 0 Å². The van der Waals surface area contributed by atoms with E-state index in [1.807, 2.05) is 19.1 Å². The van der Waals surface area contributed by atoms with E-state index in [1.165, 1.54) is 29.2 Å². The van der Waals surface area contributed by atoms with Crippen molar-refractivity contribution in [3.63, 3.8) is 0 Å². The van der Waals surface area contributed by atoms with E-state index in [4.69, 9.17) is 11.6 Å². The Hall–Kier alpha value is -3.44. The van der Waals surface area contributed by atoms with E-state index >= 15 is 0 Å². The highest BCUT2D eigenvalue weighted by Crippen LogP contribution is 2.42. The molecule has 0 saturated carbocycles. The fraction of sp³-hybridized carbons (Fsp3) is 0.0833. The Bertz CT molecular complexity index is 1150. The number of anilines is 1. The largest absolute Gasteiger partial charge is 0.507 e. The van der Waals surface area contributed by atoms with E-state index in [0.717, 1.165) is 5.56 Å². The second-order valence-corrected chi connectivity index (χ2v) is 7.50. The van der Waals surface area contributed by atoms with E-state index in [0.29, 0.717) is 21.8 Å². The third-order valence-corrected chi connectivity index (χ3v) is 5.31. The molecule has 1 N–H and O–H groups in total. The SMILES string of the molecule is Cc1ccc(N2C(=O)C(=O)C(=C(O)c3ccc(Cl)cc3)[C@@H]2c2ccc(F)cc2)cc1. The summed E-state index contributed by atoms with van der Waals surface area (Å²) in [5.74, 6) is -2.32. The predicted molar refractivity (Wildman–Crippen MR) is 114 cm³/mol. The highest BCUT2D eigenvalue weighted by molar-refractivity contribution is 6.51. The second-order valence-electron chi connectivity index (χ2n) is 7.06. The van der Waals surface area contributed by atoms with Crippen LogP contribution in [0, 0.1) is 12.7 Å². The Morgan fingerprint density at radius 2 is 1.53 bits per heavy atom. The Kier molecular flexibility index (Phi) is 5.14. The topological polar surface area (TPSA) is 57.6 Å². The predicted octanol–water partition coefficient (Wildman–Crippen LogP) is 5.41. The summed E-state index contributed by atoms with van der Waals surface area (Å²) in [5, 5.41) is 11.4. The van der Waals surface area contributed by atoms with Gasteiger partial charge >= 0.3 is 0 Å². The van der Waals surface area contributed by atoms with Gasteiger partial charge in [0.2, 0.25) is 0 Å². The van der Waals surface area contributed by atoms with Gasteiger partial charge in [0.25, 0.3) is 11.7 Å². The van der Waals surface area contributed by atoms with Crippen LogP contribution < -0.4 is 4.90 Å². The number of hydrogen-bond acceptors (Lipinski definition) is 3. The van der Waals surface area contributed by atoms with E-state index in [9.17, 15) is 19.1 Å². The number of benzene rings is 3. The van der Waals surface area contributed by atoms with Crippen molar-refractivity contribution in [2.75, 3.05) is 4.90 Å². The molecule has 1 amide bonds. The summed E-state index contributed by atoms with van der Waals surface area (Å²) in [5.41, 5.74) is 2.30. The van der Waals surface area contributed by atoms with Gasteiger partial charge in [-0.25, -0.2) is 4.39 Å². The van der Waals surface area contributed by atoms with Crippen LogP contribution in [0.25, 0.3) is 5.76 Å². The highest BCUT2D eigenvalue weighted by atomic mass is 35.5. The average Bonchev–Trinajstić information content (AvgIpc) is 3.00. The first-order valence-electron chi connectivity index (χ1n) is 9.26. The first kappa shape index (κ1) is 19.9. The average molecular weight is 422 g/mol. The van der Waals surface area contributed by atoms with Crippen LogP contribution in [0.3, 0.4) is 0 Å². The number of amides is 1. The molecule has 0 bridgehead atoms. The van der Waals surface area contributed by atoms with Gasteiger partial charge in [-0.05, 0) is 61.0 Å². The summed E-state index contributed by atoms with van der Waals surface area (Å²) >= 11 is 5.92. The summed E-state index contributed by atoms with van der Waals surface area (Å²) in [4.78, 5) is 27.3. The zero-order valence-corrected chi connectivity index (χ0v) is 16.7. The third-order valence-electron chi connectivity index (χ3n) is 5.06. The summed E-state index contributed by atoms with van der Waals surface area (Å²) in [6.45, 7) is 1.91. The van der Waals surface area contributed by atoms with Gasteiger partial charge < -0.3 is 5.11 Å². The number of carbonyl (C=O) groups is 2. The number of carbonyl (C=O) groups excluding carboxylic acids is 2. The van der Waals surface area contributed by atoms with Crippen molar-refractivity contribution in [3.05, 3.63) is 106 Å². The molecule has 1 aliphatic rings. The lowest BCUT2D eigenvalue weighted by atomic mass is 9.95. The lowest BCUT2D eigenvalue weighted by Crippen LogP contribution is -2.29. The molecule has 1 fully saturated rings. The molecule has 0 unspecified atom stereocenters. The summed E-state index contributed by atoms with van der Waals surface area (Å²) < 4.78 is 13.5. The molecule has 0 spiro atoms. The standard InChI is InChI=1S/C24H17ClFNO3/c1-14-2-12-19(13-3-14)27-21(15-6-10-18(26)11-7-15)20(23(29)24(27)30)22(28)16-4-8-17(25)9-5-16/h2-13,21,28H,1H3/t21-/m0/s1. The minimum absolute atomic E-state index is 0.0606. The molecule has 1 atom stereocenters. The lowest BCUT2D eigenvalue weighted by molar-refractivity contribution is -0.132. The molecule has 3 aromatic rings. The molecular formula is C24H17ClFNO3. The molecule has 0 aromatic heterocycles. The van der Waals surface area contributed by atoms with Crippen molar-refractivity contribution < 1.29 is 19.1 Å². The lowest BCUT2D eigenvalue weighted by Gasteiger charge is -2.25. The maximum atomic E-state index is 13.5. The van der Waals surface area contributed by atoms with Crippen LogP contribution in [0.5, 0.6) is 0 Å². The Labute approximate surface area is 177 Å². The normalized spacial score (nSPS) is 18.1. The van der Waals surface area contributed by atoms with Gasteiger partial charge in [0, 0.05) is 16.3 Å². The molecule has 4 nitrogen and oxygen atoms in total. The molecular weight excluding hydrogens is 405 g/mol. The zero-order valence-electron chi connectivity index (χ0n) is 16.0. The van der Waals surface area contributed by atoms with Gasteiger partial charge in [0.05, 0.1) is 11.6 Å². The van der Waals surface area contributed by atoms with Crippen molar-refractivity contribution in [2.45, 2.75) is 13.0 Å². The van der Waals surface area contributed by atoms with Crippen LogP contribution in [-0.4, -0.2) is 16.8 Å². The Morgan fingerprint density at radius 1 is 0.933 bits per heavy atom. The maximum absolute atomic E-state index is 13.5. The van der Waals surface area contributed by atoms with Crippen molar-refractivity contribution in [2.24, 2.45) is 0 Å². The smallest absolute Gasteiger partial charge is 0.300 e. The highest BCUT2D eigenvalue weighted by Gasteiger charge is 2.46. The number of ketones is 1. The number of hydrogen-bond donors (Lipinski definition) is 1. The van der Waals surface area contributed by atoms with Gasteiger partial charge in [0.15, 0.2) is 0 Å². The fourth-order valence-electron chi connectivity index (χ4n) is 3.53. The van der Waals surface area contributed by atoms with E-state index in [1.54, 1.807) is 36.4 Å². The molecule has 1 saturated heterocycles. The monoisotopic (exact) mass is 421 g/mol. The second kappa shape index (κ2) is 7.76. The van der Waals surface area contributed by atoms with E-state index < -0.39 is 23.5 Å². The molecule has 3 aromatic carbocycles. The summed E-state index contributed by atoms with van der Waals surface area (Å²) in [6.07, 6.45) is 0. The quantitative estimate of drug-likeness (QED) is 0.349.